The fourth-order valence-corrected chi connectivity index (χ4v) is 3.62. The largest absolute Gasteiger partial charge is 0.0949 e. The van der Waals surface area contributed by atoms with Crippen molar-refractivity contribution in [3.8, 4) is 0 Å². The molecule has 3 atom stereocenters. The van der Waals surface area contributed by atoms with Gasteiger partial charge in [0, 0.05) is 11.3 Å². The van der Waals surface area contributed by atoms with Gasteiger partial charge in [-0.15, -0.1) is 0 Å². The summed E-state index contributed by atoms with van der Waals surface area (Å²) in [7, 11) is 0. The molecule has 0 heterocycles. The molecule has 3 unspecified atom stereocenters. The SMILES string of the molecule is C=C1C(=C)C2(C)CC1C1=C2CC1C. The van der Waals surface area contributed by atoms with Gasteiger partial charge in [-0.25, -0.2) is 0 Å². The van der Waals surface area contributed by atoms with Crippen LogP contribution in [-0.2, 0) is 0 Å². The van der Waals surface area contributed by atoms with Gasteiger partial charge < -0.3 is 0 Å². The van der Waals surface area contributed by atoms with Gasteiger partial charge in [0.25, 0.3) is 0 Å². The third-order valence-corrected chi connectivity index (χ3v) is 4.52. The average molecular weight is 172 g/mol. The Morgan fingerprint density at radius 3 is 2.69 bits per heavy atom. The van der Waals surface area contributed by atoms with Crippen molar-refractivity contribution in [3.05, 3.63) is 35.5 Å². The van der Waals surface area contributed by atoms with E-state index in [1.54, 1.807) is 11.1 Å². The Kier molecular flexibility index (Phi) is 1.08. The van der Waals surface area contributed by atoms with Crippen LogP contribution in [0.5, 0.6) is 0 Å². The first-order valence-electron chi connectivity index (χ1n) is 5.17. The first-order chi connectivity index (χ1) is 6.05. The molecule has 2 bridgehead atoms. The molecule has 1 saturated carbocycles. The van der Waals surface area contributed by atoms with Crippen molar-refractivity contribution in [2.24, 2.45) is 17.3 Å². The standard InChI is InChI=1S/C13H16/c1-7-5-11-12(7)10-6-13(11,4)9(3)8(10)2/h7,10H,2-3,5-6H2,1,4H3. The third kappa shape index (κ3) is 0.590. The van der Waals surface area contributed by atoms with Crippen molar-refractivity contribution in [2.75, 3.05) is 0 Å². The van der Waals surface area contributed by atoms with Crippen LogP contribution in [0.4, 0.5) is 0 Å². The van der Waals surface area contributed by atoms with Crippen molar-refractivity contribution in [1.82, 2.24) is 0 Å². The summed E-state index contributed by atoms with van der Waals surface area (Å²) in [6, 6.07) is 0. The van der Waals surface area contributed by atoms with Gasteiger partial charge in [-0.1, -0.05) is 38.2 Å². The number of rotatable bonds is 0. The molecule has 0 saturated heterocycles. The molecule has 13 heavy (non-hydrogen) atoms. The Labute approximate surface area is 80.0 Å². The highest BCUT2D eigenvalue weighted by molar-refractivity contribution is 5.60. The summed E-state index contributed by atoms with van der Waals surface area (Å²) in [6.45, 7) is 13.1. The number of fused-ring (bicyclic) bond motifs is 4. The van der Waals surface area contributed by atoms with E-state index in [-0.39, 0.29) is 0 Å². The average Bonchev–Trinajstić information content (AvgIpc) is 2.42. The lowest BCUT2D eigenvalue weighted by molar-refractivity contribution is 0.456. The van der Waals surface area contributed by atoms with Gasteiger partial charge >= 0.3 is 0 Å². The Balaban J connectivity index is 2.21. The molecule has 0 aromatic carbocycles. The normalized spacial score (nSPS) is 46.9. The van der Waals surface area contributed by atoms with Crippen LogP contribution in [0.15, 0.2) is 35.5 Å². The van der Waals surface area contributed by atoms with Crippen LogP contribution in [0.2, 0.25) is 0 Å². The maximum Gasteiger partial charge on any atom is 0.0142 e. The molecule has 0 heteroatoms. The monoisotopic (exact) mass is 172 g/mol. The van der Waals surface area contributed by atoms with E-state index in [9.17, 15) is 0 Å². The lowest BCUT2D eigenvalue weighted by atomic mass is 9.64. The third-order valence-electron chi connectivity index (χ3n) is 4.52. The maximum absolute atomic E-state index is 4.20. The van der Waals surface area contributed by atoms with Crippen LogP contribution in [0.1, 0.15) is 26.7 Å². The van der Waals surface area contributed by atoms with Crippen molar-refractivity contribution in [3.63, 3.8) is 0 Å². The first kappa shape index (κ1) is 7.61. The zero-order valence-electron chi connectivity index (χ0n) is 8.48. The van der Waals surface area contributed by atoms with Gasteiger partial charge in [-0.2, -0.15) is 0 Å². The highest BCUT2D eigenvalue weighted by Gasteiger charge is 2.56. The van der Waals surface area contributed by atoms with E-state index < -0.39 is 0 Å². The zero-order valence-corrected chi connectivity index (χ0v) is 8.48. The summed E-state index contributed by atoms with van der Waals surface area (Å²) >= 11 is 0. The fraction of sp³-hybridized carbons (Fsp3) is 0.538. The smallest absolute Gasteiger partial charge is 0.0142 e. The molecule has 0 amide bonds. The number of allylic oxidation sites excluding steroid dienone is 4. The summed E-state index contributed by atoms with van der Waals surface area (Å²) < 4.78 is 0. The highest BCUT2D eigenvalue weighted by Crippen LogP contribution is 2.68. The minimum atomic E-state index is 0.323. The summed E-state index contributed by atoms with van der Waals surface area (Å²) in [5.74, 6) is 1.50. The summed E-state index contributed by atoms with van der Waals surface area (Å²) in [5, 5.41) is 0. The predicted octanol–water partition coefficient (Wildman–Crippen LogP) is 3.48. The van der Waals surface area contributed by atoms with Gasteiger partial charge in [0.05, 0.1) is 0 Å². The zero-order chi connectivity index (χ0) is 9.38. The van der Waals surface area contributed by atoms with Crippen molar-refractivity contribution in [1.29, 1.82) is 0 Å². The summed E-state index contributed by atoms with van der Waals surface area (Å²) in [6.07, 6.45) is 2.59. The second-order valence-electron chi connectivity index (χ2n) is 5.13. The molecule has 68 valence electrons. The van der Waals surface area contributed by atoms with E-state index in [4.69, 9.17) is 0 Å². The molecule has 0 aromatic heterocycles. The fourth-order valence-electron chi connectivity index (χ4n) is 3.62. The van der Waals surface area contributed by atoms with Gasteiger partial charge in [0.15, 0.2) is 0 Å². The molecular formula is C13H16. The molecule has 0 aromatic rings. The van der Waals surface area contributed by atoms with E-state index in [2.05, 4.69) is 27.0 Å². The van der Waals surface area contributed by atoms with Crippen LogP contribution >= 0.6 is 0 Å². The summed E-state index contributed by atoms with van der Waals surface area (Å²) in [4.78, 5) is 0. The minimum absolute atomic E-state index is 0.323. The molecule has 3 aliphatic rings. The van der Waals surface area contributed by atoms with Crippen LogP contribution in [0.25, 0.3) is 0 Å². The second kappa shape index (κ2) is 1.84. The lowest BCUT2D eigenvalue weighted by Crippen LogP contribution is -2.28. The van der Waals surface area contributed by atoms with E-state index in [1.807, 2.05) is 0 Å². The van der Waals surface area contributed by atoms with Crippen LogP contribution in [0, 0.1) is 17.3 Å². The van der Waals surface area contributed by atoms with Crippen LogP contribution in [0.3, 0.4) is 0 Å². The molecule has 1 fully saturated rings. The van der Waals surface area contributed by atoms with Crippen LogP contribution < -0.4 is 0 Å². The van der Waals surface area contributed by atoms with Gasteiger partial charge in [0.1, 0.15) is 0 Å². The van der Waals surface area contributed by atoms with Crippen LogP contribution in [-0.4, -0.2) is 0 Å². The van der Waals surface area contributed by atoms with E-state index in [0.29, 0.717) is 11.3 Å². The molecule has 0 N–H and O–H groups in total. The molecule has 0 spiro atoms. The van der Waals surface area contributed by atoms with Gasteiger partial charge in [-0.05, 0) is 29.9 Å². The molecular weight excluding hydrogens is 156 g/mol. The number of hydrogen-bond acceptors (Lipinski definition) is 0. The van der Waals surface area contributed by atoms with E-state index in [0.717, 1.165) is 5.92 Å². The van der Waals surface area contributed by atoms with E-state index >= 15 is 0 Å². The maximum atomic E-state index is 4.20. The highest BCUT2D eigenvalue weighted by atomic mass is 14.6. The number of hydrogen-bond donors (Lipinski definition) is 0. The Morgan fingerprint density at radius 1 is 1.38 bits per heavy atom. The van der Waals surface area contributed by atoms with Crippen molar-refractivity contribution in [2.45, 2.75) is 26.7 Å². The first-order valence-corrected chi connectivity index (χ1v) is 5.17. The Bertz CT molecular complexity index is 369. The van der Waals surface area contributed by atoms with Gasteiger partial charge in [-0.3, -0.25) is 0 Å². The van der Waals surface area contributed by atoms with Crippen molar-refractivity contribution < 1.29 is 0 Å². The van der Waals surface area contributed by atoms with Gasteiger partial charge in [0.2, 0.25) is 0 Å². The molecule has 3 aliphatic carbocycles. The quantitative estimate of drug-likeness (QED) is 0.491. The minimum Gasteiger partial charge on any atom is -0.0949 e. The topological polar surface area (TPSA) is 0 Å². The van der Waals surface area contributed by atoms with Crippen molar-refractivity contribution >= 4 is 0 Å². The summed E-state index contributed by atoms with van der Waals surface area (Å²) in [5.41, 5.74) is 6.40. The molecule has 0 nitrogen and oxygen atoms in total. The Hall–Kier alpha value is -0.780. The predicted molar refractivity (Wildman–Crippen MR) is 55.3 cm³/mol. The van der Waals surface area contributed by atoms with E-state index in [1.165, 1.54) is 24.0 Å². The second-order valence-corrected chi connectivity index (χ2v) is 5.13. The molecule has 3 rings (SSSR count). The molecule has 0 radical (unpaired) electrons. The Morgan fingerprint density at radius 2 is 2.08 bits per heavy atom. The lowest BCUT2D eigenvalue weighted by Gasteiger charge is -2.41. The molecule has 0 aliphatic heterocycles.